The molecular formula is C22H24N8O4. The summed E-state index contributed by atoms with van der Waals surface area (Å²) < 4.78 is 3.31. The fourth-order valence-electron chi connectivity index (χ4n) is 4.21. The topological polar surface area (TPSA) is 138 Å². The molecule has 1 saturated heterocycles. The second-order valence-electron chi connectivity index (χ2n) is 8.50. The number of anilines is 1. The molecule has 34 heavy (non-hydrogen) atoms. The number of nitrogens with zero attached hydrogens (tertiary/aromatic N) is 7. The highest BCUT2D eigenvalue weighted by Crippen LogP contribution is 2.30. The van der Waals surface area contributed by atoms with Gasteiger partial charge in [0.1, 0.15) is 18.2 Å². The summed E-state index contributed by atoms with van der Waals surface area (Å²) in [6.07, 6.45) is 0.911. The average molecular weight is 464 g/mol. The van der Waals surface area contributed by atoms with Crippen LogP contribution in [-0.4, -0.2) is 78.6 Å². The third kappa shape index (κ3) is 4.09. The molecule has 12 nitrogen and oxygen atoms in total. The standard InChI is InChI=1S/C22H24N8O4/c1-27-18-9-17(15-11-28(12-15)22(33)34)25-30(18)8-7-16(21(27)32)24-20(31)19-23-13-29(26-19)10-14-5-3-2-4-6-14/h2-6,9,13,15-16H,7-8,10-12H2,1H3,(H,24,31)(H,33,34). The van der Waals surface area contributed by atoms with E-state index in [1.165, 1.54) is 16.1 Å². The Morgan fingerprint density at radius 1 is 1.18 bits per heavy atom. The molecule has 2 aliphatic heterocycles. The average Bonchev–Trinajstić information content (AvgIpc) is 3.40. The van der Waals surface area contributed by atoms with E-state index in [0.717, 1.165) is 11.3 Å². The van der Waals surface area contributed by atoms with Crippen molar-refractivity contribution in [1.82, 2.24) is 34.8 Å². The first-order chi connectivity index (χ1) is 16.4. The van der Waals surface area contributed by atoms with Crippen molar-refractivity contribution in [2.24, 2.45) is 0 Å². The molecule has 1 aromatic carbocycles. The normalized spacial score (nSPS) is 18.3. The summed E-state index contributed by atoms with van der Waals surface area (Å²) in [7, 11) is 1.64. The molecule has 3 amide bonds. The first-order valence-corrected chi connectivity index (χ1v) is 11.0. The van der Waals surface area contributed by atoms with E-state index in [-0.39, 0.29) is 17.6 Å². The van der Waals surface area contributed by atoms with E-state index < -0.39 is 18.0 Å². The van der Waals surface area contributed by atoms with Crippen LogP contribution in [0.3, 0.4) is 0 Å². The van der Waals surface area contributed by atoms with Gasteiger partial charge < -0.3 is 15.3 Å². The zero-order chi connectivity index (χ0) is 23.8. The number of likely N-dealkylation sites (N-methyl/N-ethyl adjacent to an activating group) is 1. The highest BCUT2D eigenvalue weighted by atomic mass is 16.4. The Bertz CT molecular complexity index is 1230. The molecule has 1 unspecified atom stereocenters. The Hall–Kier alpha value is -4.22. The van der Waals surface area contributed by atoms with Crippen LogP contribution in [0, 0.1) is 0 Å². The molecule has 176 valence electrons. The third-order valence-electron chi connectivity index (χ3n) is 6.18. The van der Waals surface area contributed by atoms with Crippen LogP contribution in [0.1, 0.15) is 34.2 Å². The quantitative estimate of drug-likeness (QED) is 0.569. The fourth-order valence-corrected chi connectivity index (χ4v) is 4.21. The number of rotatable bonds is 5. The summed E-state index contributed by atoms with van der Waals surface area (Å²) in [5, 5.41) is 20.6. The maximum Gasteiger partial charge on any atom is 0.407 e. The highest BCUT2D eigenvalue weighted by molar-refractivity contribution is 6.00. The molecule has 1 atom stereocenters. The van der Waals surface area contributed by atoms with E-state index in [4.69, 9.17) is 5.11 Å². The van der Waals surface area contributed by atoms with Crippen molar-refractivity contribution in [3.63, 3.8) is 0 Å². The number of hydrogen-bond acceptors (Lipinski definition) is 6. The number of likely N-dealkylation sites (tertiary alicyclic amines) is 1. The van der Waals surface area contributed by atoms with E-state index >= 15 is 0 Å². The molecule has 5 rings (SSSR count). The third-order valence-corrected chi connectivity index (χ3v) is 6.18. The summed E-state index contributed by atoms with van der Waals surface area (Å²) >= 11 is 0. The van der Waals surface area contributed by atoms with E-state index in [2.05, 4.69) is 20.5 Å². The molecule has 0 aliphatic carbocycles. The lowest BCUT2D eigenvalue weighted by Gasteiger charge is -2.35. The van der Waals surface area contributed by atoms with E-state index in [1.807, 2.05) is 36.4 Å². The van der Waals surface area contributed by atoms with Crippen LogP contribution in [0.4, 0.5) is 10.6 Å². The fraction of sp³-hybridized carbons (Fsp3) is 0.364. The van der Waals surface area contributed by atoms with E-state index in [0.29, 0.717) is 38.4 Å². The lowest BCUT2D eigenvalue weighted by atomic mass is 9.97. The molecule has 1 fully saturated rings. The second-order valence-corrected chi connectivity index (χ2v) is 8.50. The Kier molecular flexibility index (Phi) is 5.48. The van der Waals surface area contributed by atoms with Gasteiger partial charge >= 0.3 is 6.09 Å². The molecule has 0 saturated carbocycles. The summed E-state index contributed by atoms with van der Waals surface area (Å²) in [5.74, 6) is -0.129. The van der Waals surface area contributed by atoms with Gasteiger partial charge in [0, 0.05) is 38.7 Å². The van der Waals surface area contributed by atoms with Crippen LogP contribution >= 0.6 is 0 Å². The Morgan fingerprint density at radius 3 is 2.68 bits per heavy atom. The number of aromatic nitrogens is 5. The van der Waals surface area contributed by atoms with Crippen molar-refractivity contribution < 1.29 is 19.5 Å². The van der Waals surface area contributed by atoms with Crippen molar-refractivity contribution in [3.05, 3.63) is 59.8 Å². The van der Waals surface area contributed by atoms with Gasteiger partial charge in [-0.2, -0.15) is 5.10 Å². The molecule has 0 spiro atoms. The summed E-state index contributed by atoms with van der Waals surface area (Å²) in [6.45, 7) is 1.71. The minimum absolute atomic E-state index is 0.00335. The second kappa shape index (κ2) is 8.61. The number of nitrogens with one attached hydrogen (secondary N) is 1. The van der Waals surface area contributed by atoms with E-state index in [1.54, 1.807) is 16.4 Å². The van der Waals surface area contributed by atoms with Crippen LogP contribution < -0.4 is 10.2 Å². The molecule has 0 bridgehead atoms. The molecule has 2 aliphatic rings. The minimum Gasteiger partial charge on any atom is -0.465 e. The first kappa shape index (κ1) is 21.6. The monoisotopic (exact) mass is 464 g/mol. The summed E-state index contributed by atoms with van der Waals surface area (Å²) in [5.41, 5.74) is 1.80. The van der Waals surface area contributed by atoms with Crippen molar-refractivity contribution in [2.45, 2.75) is 31.5 Å². The maximum absolute atomic E-state index is 13.1. The molecule has 2 aromatic heterocycles. The number of carbonyl (C=O) groups excluding carboxylic acids is 2. The van der Waals surface area contributed by atoms with Gasteiger partial charge in [-0.05, 0) is 12.0 Å². The van der Waals surface area contributed by atoms with Crippen LogP contribution in [-0.2, 0) is 17.9 Å². The molecule has 3 aromatic rings. The van der Waals surface area contributed by atoms with Crippen LogP contribution in [0.25, 0.3) is 0 Å². The molecule has 4 heterocycles. The molecule has 0 radical (unpaired) electrons. The van der Waals surface area contributed by atoms with E-state index in [9.17, 15) is 14.4 Å². The number of carboxylic acid groups (broad SMARTS) is 1. The van der Waals surface area contributed by atoms with Gasteiger partial charge in [-0.1, -0.05) is 30.3 Å². The first-order valence-electron chi connectivity index (χ1n) is 11.0. The largest absolute Gasteiger partial charge is 0.465 e. The number of aryl methyl sites for hydroxylation is 1. The number of hydrogen-bond donors (Lipinski definition) is 2. The molecular weight excluding hydrogens is 440 g/mol. The van der Waals surface area contributed by atoms with Crippen molar-refractivity contribution in [3.8, 4) is 0 Å². The SMILES string of the molecule is CN1C(=O)C(NC(=O)c2ncn(Cc3ccccc3)n2)CCn2nc(C3CN(C(=O)O)C3)cc21. The number of carbonyl (C=O) groups is 3. The Labute approximate surface area is 194 Å². The van der Waals surface area contributed by atoms with Gasteiger partial charge in [0.15, 0.2) is 0 Å². The minimum atomic E-state index is -0.942. The number of amides is 3. The summed E-state index contributed by atoms with van der Waals surface area (Å²) in [6, 6.07) is 10.8. The van der Waals surface area contributed by atoms with Crippen molar-refractivity contribution >= 4 is 23.7 Å². The smallest absolute Gasteiger partial charge is 0.407 e. The summed E-state index contributed by atoms with van der Waals surface area (Å²) in [4.78, 5) is 43.7. The predicted octanol–water partition coefficient (Wildman–Crippen LogP) is 0.765. The Morgan fingerprint density at radius 2 is 1.94 bits per heavy atom. The van der Waals surface area contributed by atoms with Gasteiger partial charge in [0.2, 0.25) is 5.82 Å². The van der Waals surface area contributed by atoms with Crippen molar-refractivity contribution in [1.29, 1.82) is 0 Å². The highest BCUT2D eigenvalue weighted by Gasteiger charge is 2.36. The number of fused-ring (bicyclic) bond motifs is 1. The lowest BCUT2D eigenvalue weighted by molar-refractivity contribution is -0.120. The van der Waals surface area contributed by atoms with Gasteiger partial charge in [0.25, 0.3) is 11.8 Å². The maximum atomic E-state index is 13.1. The Balaban J connectivity index is 1.22. The number of benzene rings is 1. The molecule has 2 N–H and O–H groups in total. The molecule has 12 heteroatoms. The lowest BCUT2D eigenvalue weighted by Crippen LogP contribution is -2.48. The van der Waals surface area contributed by atoms with Gasteiger partial charge in [0.05, 0.1) is 12.2 Å². The van der Waals surface area contributed by atoms with Gasteiger partial charge in [-0.15, -0.1) is 5.10 Å². The van der Waals surface area contributed by atoms with Crippen LogP contribution in [0.15, 0.2) is 42.7 Å². The predicted molar refractivity (Wildman–Crippen MR) is 119 cm³/mol. The van der Waals surface area contributed by atoms with Crippen LogP contribution in [0.2, 0.25) is 0 Å². The zero-order valence-electron chi connectivity index (χ0n) is 18.5. The van der Waals surface area contributed by atoms with Gasteiger partial charge in [-0.25, -0.2) is 19.1 Å². The van der Waals surface area contributed by atoms with Crippen LogP contribution in [0.5, 0.6) is 0 Å². The zero-order valence-corrected chi connectivity index (χ0v) is 18.5. The van der Waals surface area contributed by atoms with Gasteiger partial charge in [-0.3, -0.25) is 14.5 Å². The van der Waals surface area contributed by atoms with Crippen molar-refractivity contribution in [2.75, 3.05) is 25.0 Å².